The Bertz CT molecular complexity index is 630. The maximum Gasteiger partial charge on any atom is 0.225 e. The molecule has 7 nitrogen and oxygen atoms in total. The molecule has 0 bridgehead atoms. The van der Waals surface area contributed by atoms with Gasteiger partial charge in [0.05, 0.1) is 30.7 Å². The van der Waals surface area contributed by atoms with Crippen molar-refractivity contribution >= 4 is 28.9 Å². The number of hydrogen-bond donors (Lipinski definition) is 4. The Morgan fingerprint density at radius 3 is 2.80 bits per heavy atom. The lowest BCUT2D eigenvalue weighted by atomic mass is 9.77. The number of methoxy groups -OCH3 is 1. The normalized spacial score (nSPS) is 31.4. The summed E-state index contributed by atoms with van der Waals surface area (Å²) in [6.45, 7) is 0.807. The van der Waals surface area contributed by atoms with Crippen LogP contribution in [0.2, 0.25) is 0 Å². The molecule has 1 amide bonds. The van der Waals surface area contributed by atoms with E-state index in [4.69, 9.17) is 17.0 Å². The predicted octanol–water partition coefficient (Wildman–Crippen LogP) is -0.377. The molecule has 0 radical (unpaired) electrons. The average molecular weight is 365 g/mol. The van der Waals surface area contributed by atoms with E-state index in [0.29, 0.717) is 18.3 Å². The number of fused-ring (bicyclic) bond motifs is 1. The van der Waals surface area contributed by atoms with E-state index in [9.17, 15) is 15.0 Å². The highest BCUT2D eigenvalue weighted by Gasteiger charge is 2.53. The van der Waals surface area contributed by atoms with E-state index >= 15 is 0 Å². The predicted molar refractivity (Wildman–Crippen MR) is 97.2 cm³/mol. The summed E-state index contributed by atoms with van der Waals surface area (Å²) in [6, 6.07) is 8.65. The number of nitrogens with one attached hydrogen (secondary N) is 2. The number of thiocarbonyl (C=S) groups is 1. The molecular weight excluding hydrogens is 342 g/mol. The summed E-state index contributed by atoms with van der Waals surface area (Å²) in [4.78, 5) is 14.6. The first kappa shape index (κ1) is 18.1. The molecule has 0 unspecified atom stereocenters. The summed E-state index contributed by atoms with van der Waals surface area (Å²) in [7, 11) is 1.57. The van der Waals surface area contributed by atoms with Gasteiger partial charge in [-0.05, 0) is 30.8 Å². The van der Waals surface area contributed by atoms with Crippen LogP contribution in [0.3, 0.4) is 0 Å². The first-order chi connectivity index (χ1) is 12.0. The van der Waals surface area contributed by atoms with Crippen LogP contribution in [0.15, 0.2) is 30.3 Å². The molecule has 1 aromatic carbocycles. The van der Waals surface area contributed by atoms with Gasteiger partial charge >= 0.3 is 0 Å². The van der Waals surface area contributed by atoms with E-state index in [1.165, 1.54) is 0 Å². The molecule has 0 spiro atoms. The summed E-state index contributed by atoms with van der Waals surface area (Å²) >= 11 is 5.44. The molecule has 1 saturated heterocycles. The lowest BCUT2D eigenvalue weighted by Gasteiger charge is -2.41. The SMILES string of the molecule is COCCNC(=O)[C@H]1C[C@@H](O)[C@H](O)[C@H]2NC(=S)N(c3ccccc3)[C@@H]21. The van der Waals surface area contributed by atoms with Crippen LogP contribution < -0.4 is 15.5 Å². The second-order valence-corrected chi connectivity index (χ2v) is 6.74. The summed E-state index contributed by atoms with van der Waals surface area (Å²) < 4.78 is 4.96. The third-order valence-corrected chi connectivity index (χ3v) is 5.14. The van der Waals surface area contributed by atoms with Gasteiger partial charge in [-0.15, -0.1) is 0 Å². The minimum Gasteiger partial charge on any atom is -0.390 e. The summed E-state index contributed by atoms with van der Waals surface area (Å²) in [5.41, 5.74) is 0.853. The number of nitrogens with zero attached hydrogens (tertiary/aromatic N) is 1. The average Bonchev–Trinajstić information content (AvgIpc) is 2.96. The van der Waals surface area contributed by atoms with Crippen LogP contribution in [0, 0.1) is 5.92 Å². The Morgan fingerprint density at radius 1 is 1.40 bits per heavy atom. The van der Waals surface area contributed by atoms with Gasteiger partial charge in [0.15, 0.2) is 5.11 Å². The van der Waals surface area contributed by atoms with Gasteiger partial charge in [0.1, 0.15) is 6.10 Å². The number of aliphatic hydroxyl groups excluding tert-OH is 2. The highest BCUT2D eigenvalue weighted by atomic mass is 32.1. The molecule has 3 rings (SSSR count). The van der Waals surface area contributed by atoms with Gasteiger partial charge in [0.25, 0.3) is 0 Å². The lowest BCUT2D eigenvalue weighted by molar-refractivity contribution is -0.131. The maximum atomic E-state index is 12.7. The smallest absolute Gasteiger partial charge is 0.225 e. The second kappa shape index (κ2) is 7.65. The van der Waals surface area contributed by atoms with Crippen molar-refractivity contribution in [3.63, 3.8) is 0 Å². The van der Waals surface area contributed by atoms with Crippen molar-refractivity contribution in [3.05, 3.63) is 30.3 Å². The number of hydrogen-bond acceptors (Lipinski definition) is 5. The fraction of sp³-hybridized carbons (Fsp3) is 0.529. The molecule has 1 aromatic rings. The number of benzene rings is 1. The Labute approximate surface area is 152 Å². The number of carbonyl (C=O) groups is 1. The first-order valence-corrected chi connectivity index (χ1v) is 8.73. The molecule has 1 aliphatic carbocycles. The quantitative estimate of drug-likeness (QED) is 0.418. The lowest BCUT2D eigenvalue weighted by Crippen LogP contribution is -2.61. The van der Waals surface area contributed by atoms with E-state index in [2.05, 4.69) is 10.6 Å². The molecule has 8 heteroatoms. The Morgan fingerprint density at radius 2 is 2.12 bits per heavy atom. The molecule has 0 aromatic heterocycles. The molecule has 5 atom stereocenters. The number of rotatable bonds is 5. The molecule has 1 heterocycles. The van der Waals surface area contributed by atoms with E-state index < -0.39 is 24.2 Å². The maximum absolute atomic E-state index is 12.7. The third kappa shape index (κ3) is 3.48. The van der Waals surface area contributed by atoms with E-state index in [1.807, 2.05) is 35.2 Å². The fourth-order valence-corrected chi connectivity index (χ4v) is 4.00. The minimum atomic E-state index is -0.986. The zero-order valence-electron chi connectivity index (χ0n) is 14.0. The van der Waals surface area contributed by atoms with Gasteiger partial charge in [-0.3, -0.25) is 4.79 Å². The van der Waals surface area contributed by atoms with Crippen LogP contribution in [0.25, 0.3) is 0 Å². The van der Waals surface area contributed by atoms with Crippen LogP contribution in [0.1, 0.15) is 6.42 Å². The van der Waals surface area contributed by atoms with Crippen molar-refractivity contribution in [2.24, 2.45) is 5.92 Å². The highest BCUT2D eigenvalue weighted by molar-refractivity contribution is 7.80. The molecule has 136 valence electrons. The summed E-state index contributed by atoms with van der Waals surface area (Å²) in [6.07, 6.45) is -1.79. The highest BCUT2D eigenvalue weighted by Crippen LogP contribution is 2.36. The van der Waals surface area contributed by atoms with Crippen LogP contribution in [0.5, 0.6) is 0 Å². The van der Waals surface area contributed by atoms with Crippen LogP contribution >= 0.6 is 12.2 Å². The van der Waals surface area contributed by atoms with Crippen molar-refractivity contribution < 1.29 is 19.7 Å². The van der Waals surface area contributed by atoms with Gasteiger partial charge < -0.3 is 30.5 Å². The van der Waals surface area contributed by atoms with Crippen molar-refractivity contribution in [1.29, 1.82) is 0 Å². The van der Waals surface area contributed by atoms with Gasteiger partial charge in [-0.2, -0.15) is 0 Å². The minimum absolute atomic E-state index is 0.175. The topological polar surface area (TPSA) is 94.1 Å². The van der Waals surface area contributed by atoms with Crippen LogP contribution in [-0.4, -0.2) is 65.8 Å². The van der Waals surface area contributed by atoms with Gasteiger partial charge in [-0.1, -0.05) is 18.2 Å². The summed E-state index contributed by atoms with van der Waals surface area (Å²) in [5.74, 6) is -0.682. The molecular formula is C17H23N3O4S. The summed E-state index contributed by atoms with van der Waals surface area (Å²) in [5, 5.41) is 27.0. The number of amides is 1. The van der Waals surface area contributed by atoms with E-state index in [0.717, 1.165) is 5.69 Å². The number of carbonyl (C=O) groups excluding carboxylic acids is 1. The standard InChI is InChI=1S/C17H23N3O4S/c1-24-8-7-18-16(23)11-9-12(21)15(22)13-14(11)20(17(25)19-13)10-5-3-2-4-6-10/h2-6,11-15,21-22H,7-9H2,1H3,(H,18,23)(H,19,25)/t11-,12+,13-,14+,15-/m0/s1. The molecule has 25 heavy (non-hydrogen) atoms. The zero-order valence-corrected chi connectivity index (χ0v) is 14.8. The monoisotopic (exact) mass is 365 g/mol. The van der Waals surface area contributed by atoms with Crippen molar-refractivity contribution in [1.82, 2.24) is 10.6 Å². The second-order valence-electron chi connectivity index (χ2n) is 6.36. The number of para-hydroxylation sites is 1. The van der Waals surface area contributed by atoms with E-state index in [-0.39, 0.29) is 18.4 Å². The largest absolute Gasteiger partial charge is 0.390 e. The van der Waals surface area contributed by atoms with Gasteiger partial charge in [0, 0.05) is 19.3 Å². The molecule has 2 aliphatic rings. The Hall–Kier alpha value is -1.74. The van der Waals surface area contributed by atoms with Crippen molar-refractivity contribution in [2.45, 2.75) is 30.7 Å². The fourth-order valence-electron chi connectivity index (χ4n) is 3.64. The third-order valence-electron chi connectivity index (χ3n) is 4.82. The Kier molecular flexibility index (Phi) is 5.53. The zero-order chi connectivity index (χ0) is 18.0. The number of aliphatic hydroxyl groups is 2. The first-order valence-electron chi connectivity index (χ1n) is 8.32. The molecule has 4 N–H and O–H groups in total. The Balaban J connectivity index is 1.89. The molecule has 2 fully saturated rings. The van der Waals surface area contributed by atoms with Gasteiger partial charge in [0.2, 0.25) is 5.91 Å². The molecule has 1 aliphatic heterocycles. The van der Waals surface area contributed by atoms with E-state index in [1.54, 1.807) is 7.11 Å². The van der Waals surface area contributed by atoms with Crippen molar-refractivity contribution in [2.75, 3.05) is 25.2 Å². The van der Waals surface area contributed by atoms with Crippen LogP contribution in [-0.2, 0) is 9.53 Å². The number of anilines is 1. The van der Waals surface area contributed by atoms with Crippen LogP contribution in [0.4, 0.5) is 5.69 Å². The van der Waals surface area contributed by atoms with Gasteiger partial charge in [-0.25, -0.2) is 0 Å². The molecule has 1 saturated carbocycles. The number of ether oxygens (including phenoxy) is 1. The van der Waals surface area contributed by atoms with Crippen molar-refractivity contribution in [3.8, 4) is 0 Å².